The number of carbonyl (C=O) groups excluding carboxylic acids is 1. The molecule has 3 rings (SSSR count). The molecule has 2 saturated heterocycles. The maximum absolute atomic E-state index is 11.1. The lowest BCUT2D eigenvalue weighted by Crippen LogP contribution is -2.48. The number of carboxylic acids is 1. The summed E-state index contributed by atoms with van der Waals surface area (Å²) in [6.45, 7) is 4.43. The van der Waals surface area contributed by atoms with Crippen LogP contribution in [0.2, 0.25) is 0 Å². The van der Waals surface area contributed by atoms with E-state index in [1.54, 1.807) is 6.92 Å². The molecule has 0 aliphatic carbocycles. The summed E-state index contributed by atoms with van der Waals surface area (Å²) in [6.07, 6.45) is 5.06. The average Bonchev–Trinajstić information content (AvgIpc) is 3.07. The Balaban J connectivity index is 0.000000228. The fourth-order valence-electron chi connectivity index (χ4n) is 1.99. The Bertz CT molecular complexity index is 403. The molecule has 0 saturated carbocycles. The number of aliphatic hydroxyl groups excluding tert-OH is 1. The summed E-state index contributed by atoms with van der Waals surface area (Å²) in [7, 11) is 0. The van der Waals surface area contributed by atoms with E-state index in [1.807, 2.05) is 6.26 Å². The Hall–Kier alpha value is -0.700. The second-order valence-electron chi connectivity index (χ2n) is 4.46. The van der Waals surface area contributed by atoms with Crippen LogP contribution in [-0.2, 0) is 9.59 Å². The number of thioether (sulfide) groups is 2. The van der Waals surface area contributed by atoms with Gasteiger partial charge < -0.3 is 15.5 Å². The van der Waals surface area contributed by atoms with Gasteiger partial charge in [0.2, 0.25) is 5.91 Å². The number of rotatable bonds is 2. The molecule has 3 N–H and O–H groups in total. The molecule has 6 nitrogen and oxygen atoms in total. The van der Waals surface area contributed by atoms with Gasteiger partial charge in [-0.2, -0.15) is 0 Å². The predicted molar refractivity (Wildman–Crippen MR) is 85.9 cm³/mol. The van der Waals surface area contributed by atoms with Crippen molar-refractivity contribution in [3.05, 3.63) is 9.93 Å². The van der Waals surface area contributed by atoms with Crippen LogP contribution >= 0.6 is 23.5 Å². The molecular formula is C13H22N2O4S2. The predicted octanol–water partition coefficient (Wildman–Crippen LogP) is 1.28. The Morgan fingerprint density at radius 1 is 1.48 bits per heavy atom. The molecule has 21 heavy (non-hydrogen) atoms. The van der Waals surface area contributed by atoms with Gasteiger partial charge in [-0.05, 0) is 39.1 Å². The summed E-state index contributed by atoms with van der Waals surface area (Å²) in [5, 5.41) is 19.7. The minimum absolute atomic E-state index is 0.0426. The van der Waals surface area contributed by atoms with Crippen LogP contribution in [0, 0.1) is 0 Å². The van der Waals surface area contributed by atoms with Crippen molar-refractivity contribution in [1.82, 2.24) is 10.2 Å². The van der Waals surface area contributed by atoms with Crippen LogP contribution < -0.4 is 5.32 Å². The van der Waals surface area contributed by atoms with Crippen molar-refractivity contribution in [2.24, 2.45) is 0 Å². The van der Waals surface area contributed by atoms with Crippen molar-refractivity contribution >= 4 is 35.4 Å². The highest BCUT2D eigenvalue weighted by atomic mass is 32.2. The van der Waals surface area contributed by atoms with Gasteiger partial charge in [0.15, 0.2) is 5.70 Å². The van der Waals surface area contributed by atoms with Gasteiger partial charge in [-0.15, -0.1) is 11.8 Å². The first-order valence-electron chi connectivity index (χ1n) is 6.88. The van der Waals surface area contributed by atoms with Gasteiger partial charge >= 0.3 is 5.97 Å². The maximum atomic E-state index is 11.1. The number of amides is 1. The van der Waals surface area contributed by atoms with E-state index < -0.39 is 5.97 Å². The van der Waals surface area contributed by atoms with Crippen LogP contribution in [-0.4, -0.2) is 58.3 Å². The van der Waals surface area contributed by atoms with Gasteiger partial charge in [-0.1, -0.05) is 11.8 Å². The van der Waals surface area contributed by atoms with Crippen LogP contribution in [0.5, 0.6) is 0 Å². The smallest absolute Gasteiger partial charge is 0.354 e. The van der Waals surface area contributed by atoms with Gasteiger partial charge in [0.1, 0.15) is 0 Å². The summed E-state index contributed by atoms with van der Waals surface area (Å²) < 4.78 is 0.739. The highest BCUT2D eigenvalue weighted by Crippen LogP contribution is 2.49. The number of aliphatic carboxylic acids is 1. The molecule has 0 spiro atoms. The molecule has 1 unspecified atom stereocenters. The van der Waals surface area contributed by atoms with Gasteiger partial charge in [-0.25, -0.2) is 4.79 Å². The number of carbonyl (C=O) groups is 2. The van der Waals surface area contributed by atoms with E-state index in [-0.39, 0.29) is 23.6 Å². The van der Waals surface area contributed by atoms with Gasteiger partial charge in [0.05, 0.1) is 16.0 Å². The van der Waals surface area contributed by atoms with E-state index >= 15 is 0 Å². The zero-order chi connectivity index (χ0) is 15.8. The summed E-state index contributed by atoms with van der Waals surface area (Å²) in [5.74, 6) is -1.09. The normalized spacial score (nSPS) is 22.7. The van der Waals surface area contributed by atoms with Crippen LogP contribution in [0.1, 0.15) is 26.2 Å². The number of hydrogen-bond acceptors (Lipinski definition) is 6. The first-order valence-corrected chi connectivity index (χ1v) is 8.99. The third-order valence-electron chi connectivity index (χ3n) is 2.93. The van der Waals surface area contributed by atoms with Crippen molar-refractivity contribution in [3.63, 3.8) is 0 Å². The molecule has 120 valence electrons. The molecule has 0 bridgehead atoms. The minimum atomic E-state index is -1.01. The molecule has 3 aliphatic heterocycles. The van der Waals surface area contributed by atoms with E-state index in [4.69, 9.17) is 10.2 Å². The number of fused-ring (bicyclic) bond motifs is 1. The van der Waals surface area contributed by atoms with Crippen LogP contribution in [0.15, 0.2) is 9.93 Å². The Morgan fingerprint density at radius 2 is 2.05 bits per heavy atom. The standard InChI is InChI=1S/C7H7NO3S2.C4H9N.C2H6O/c1-12-7-5(6(10)11)8-3(9)2-4(8)13-7;1-2-4-5-3-1;1-2-3/h4H,2H2,1H3,(H,10,11);5H,1-4H2;3H,2H2,1H3. The Kier molecular flexibility index (Phi) is 8.16. The topological polar surface area (TPSA) is 89.9 Å². The van der Waals surface area contributed by atoms with Crippen molar-refractivity contribution in [2.75, 3.05) is 26.0 Å². The SMILES string of the molecule is C1CCNC1.CCO.CSC1=C(C(=O)O)N2C(=O)CC2S1. The molecule has 0 aromatic carbocycles. The Morgan fingerprint density at radius 3 is 2.38 bits per heavy atom. The molecule has 3 heterocycles. The van der Waals surface area contributed by atoms with Crippen LogP contribution in [0.4, 0.5) is 0 Å². The van der Waals surface area contributed by atoms with E-state index in [1.165, 1.54) is 54.4 Å². The maximum Gasteiger partial charge on any atom is 0.354 e. The highest BCUT2D eigenvalue weighted by molar-refractivity contribution is 8.22. The molecule has 1 amide bonds. The quantitative estimate of drug-likeness (QED) is 0.655. The number of hydrogen-bond donors (Lipinski definition) is 3. The van der Waals surface area contributed by atoms with Gasteiger partial charge in [0, 0.05) is 6.61 Å². The molecule has 0 radical (unpaired) electrons. The Labute approximate surface area is 133 Å². The van der Waals surface area contributed by atoms with Gasteiger partial charge in [-0.3, -0.25) is 9.69 Å². The second kappa shape index (κ2) is 9.34. The molecule has 1 atom stereocenters. The zero-order valence-corrected chi connectivity index (χ0v) is 13.9. The molecule has 3 aliphatic rings. The van der Waals surface area contributed by atoms with E-state index in [0.717, 1.165) is 4.24 Å². The molecule has 8 heteroatoms. The molecule has 2 fully saturated rings. The third-order valence-corrected chi connectivity index (χ3v) is 5.34. The van der Waals surface area contributed by atoms with E-state index in [0.29, 0.717) is 6.42 Å². The lowest BCUT2D eigenvalue weighted by molar-refractivity contribution is -0.145. The fraction of sp³-hybridized carbons (Fsp3) is 0.692. The number of nitrogens with zero attached hydrogens (tertiary/aromatic N) is 1. The summed E-state index contributed by atoms with van der Waals surface area (Å²) >= 11 is 2.85. The molecule has 0 aromatic rings. The first kappa shape index (κ1) is 18.3. The monoisotopic (exact) mass is 334 g/mol. The minimum Gasteiger partial charge on any atom is -0.477 e. The number of aliphatic hydroxyl groups is 1. The summed E-state index contributed by atoms with van der Waals surface area (Å²) in [5.41, 5.74) is 0.166. The average molecular weight is 334 g/mol. The van der Waals surface area contributed by atoms with Crippen molar-refractivity contribution in [3.8, 4) is 0 Å². The summed E-state index contributed by atoms with van der Waals surface area (Å²) in [6, 6.07) is 0. The zero-order valence-electron chi connectivity index (χ0n) is 12.3. The lowest BCUT2D eigenvalue weighted by atomic mass is 10.2. The van der Waals surface area contributed by atoms with Crippen LogP contribution in [0.25, 0.3) is 0 Å². The highest BCUT2D eigenvalue weighted by Gasteiger charge is 2.48. The lowest BCUT2D eigenvalue weighted by Gasteiger charge is -2.33. The third kappa shape index (κ3) is 4.91. The molecular weight excluding hydrogens is 312 g/mol. The summed E-state index contributed by atoms with van der Waals surface area (Å²) in [4.78, 5) is 23.3. The van der Waals surface area contributed by atoms with Crippen molar-refractivity contribution in [1.29, 1.82) is 0 Å². The van der Waals surface area contributed by atoms with Crippen LogP contribution in [0.3, 0.4) is 0 Å². The first-order chi connectivity index (χ1) is 10.1. The van der Waals surface area contributed by atoms with Gasteiger partial charge in [0.25, 0.3) is 0 Å². The van der Waals surface area contributed by atoms with Crippen molar-refractivity contribution in [2.45, 2.75) is 31.6 Å². The fourth-order valence-corrected chi connectivity index (χ4v) is 4.18. The second-order valence-corrected chi connectivity index (χ2v) is 6.72. The van der Waals surface area contributed by atoms with E-state index in [2.05, 4.69) is 5.32 Å². The number of carboxylic acid groups (broad SMARTS) is 1. The number of nitrogens with one attached hydrogen (secondary N) is 1. The number of β-lactam (4-membered cyclic amide) rings is 1. The largest absolute Gasteiger partial charge is 0.477 e. The van der Waals surface area contributed by atoms with E-state index in [9.17, 15) is 9.59 Å². The molecule has 0 aromatic heterocycles. The van der Waals surface area contributed by atoms with Crippen molar-refractivity contribution < 1.29 is 19.8 Å².